The van der Waals surface area contributed by atoms with E-state index >= 15 is 0 Å². The summed E-state index contributed by atoms with van der Waals surface area (Å²) in [4.78, 5) is 51.3. The number of aliphatic hydroxyl groups excluding tert-OH is 2. The van der Waals surface area contributed by atoms with E-state index in [1.165, 1.54) is 17.2 Å². The largest absolute Gasteiger partial charge is 0.466 e. The van der Waals surface area contributed by atoms with E-state index in [0.717, 1.165) is 0 Å². The Bertz CT molecular complexity index is 904. The molecule has 0 unspecified atom stereocenters. The van der Waals surface area contributed by atoms with Gasteiger partial charge in [-0.15, -0.1) is 0 Å². The molecule has 15 nitrogen and oxygen atoms in total. The highest BCUT2D eigenvalue weighted by Crippen LogP contribution is 2.39. The Hall–Kier alpha value is -1.51. The molecule has 28 heavy (non-hydrogen) atoms. The zero-order valence-electron chi connectivity index (χ0n) is 14.0. The van der Waals surface area contributed by atoms with Gasteiger partial charge < -0.3 is 45.2 Å². The van der Waals surface area contributed by atoms with Crippen molar-refractivity contribution in [2.45, 2.75) is 31.0 Å². The fourth-order valence-corrected chi connectivity index (χ4v) is 3.14. The van der Waals surface area contributed by atoms with Gasteiger partial charge in [0.25, 0.3) is 0 Å². The number of phosphoric acid groups is 1. The first kappa shape index (κ1) is 22.8. The fourth-order valence-electron chi connectivity index (χ4n) is 2.55. The van der Waals surface area contributed by atoms with Crippen molar-refractivity contribution >= 4 is 32.4 Å². The van der Waals surface area contributed by atoms with Crippen LogP contribution in [0.1, 0.15) is 12.6 Å². The number of imidazole rings is 1. The van der Waals surface area contributed by atoms with Crippen LogP contribution in [0.3, 0.4) is 0 Å². The lowest BCUT2D eigenvalue weighted by Gasteiger charge is -2.16. The van der Waals surface area contributed by atoms with Crippen LogP contribution in [0, 0.1) is 0 Å². The minimum Gasteiger partial charge on any atom is -0.388 e. The lowest BCUT2D eigenvalue weighted by molar-refractivity contribution is -0.0355. The highest BCUT2D eigenvalue weighted by atomic mass is 31.2. The van der Waals surface area contributed by atoms with E-state index in [1.54, 1.807) is 0 Å². The zero-order chi connectivity index (χ0) is 21.3. The van der Waals surface area contributed by atoms with Gasteiger partial charge in [-0.2, -0.15) is 0 Å². The van der Waals surface area contributed by atoms with Crippen molar-refractivity contribution in [1.82, 2.24) is 19.5 Å². The SMILES string of the molecule is Nc1ncnc2c1ncn2[C@@H]1O[C@H](CCP(=O)(O)O)[C@@H](O)[C@H]1O.O=P(O)(O)O. The van der Waals surface area contributed by atoms with Crippen molar-refractivity contribution in [3.63, 3.8) is 0 Å². The summed E-state index contributed by atoms with van der Waals surface area (Å²) in [5.74, 6) is 0.167. The van der Waals surface area contributed by atoms with Gasteiger partial charge in [0.1, 0.15) is 24.1 Å². The topological polar surface area (TPSA) is 255 Å². The smallest absolute Gasteiger partial charge is 0.388 e. The van der Waals surface area contributed by atoms with Gasteiger partial charge in [0.15, 0.2) is 17.7 Å². The van der Waals surface area contributed by atoms with Gasteiger partial charge in [0.05, 0.1) is 18.6 Å². The van der Waals surface area contributed by atoms with Gasteiger partial charge in [0.2, 0.25) is 0 Å². The molecule has 2 aromatic heterocycles. The van der Waals surface area contributed by atoms with Gasteiger partial charge in [0, 0.05) is 0 Å². The average molecular weight is 443 g/mol. The maximum absolute atomic E-state index is 10.9. The number of nitrogens with two attached hydrogens (primary N) is 1. The number of nitrogen functional groups attached to an aromatic ring is 1. The predicted octanol–water partition coefficient (Wildman–Crippen LogP) is -2.33. The summed E-state index contributed by atoms with van der Waals surface area (Å²) >= 11 is 0. The number of hydrogen-bond donors (Lipinski definition) is 8. The van der Waals surface area contributed by atoms with Gasteiger partial charge in [-0.1, -0.05) is 0 Å². The first-order valence-corrected chi connectivity index (χ1v) is 10.9. The maximum atomic E-state index is 10.9. The first-order chi connectivity index (χ1) is 12.8. The molecule has 1 aliphatic rings. The molecule has 0 spiro atoms. The van der Waals surface area contributed by atoms with Gasteiger partial charge >= 0.3 is 15.4 Å². The van der Waals surface area contributed by atoms with Crippen LogP contribution in [-0.4, -0.2) is 78.7 Å². The van der Waals surface area contributed by atoms with Crippen LogP contribution in [0.25, 0.3) is 11.2 Å². The molecule has 1 saturated heterocycles. The summed E-state index contributed by atoms with van der Waals surface area (Å²) in [6.45, 7) is 0. The van der Waals surface area contributed by atoms with Crippen molar-refractivity contribution in [1.29, 1.82) is 0 Å². The number of anilines is 1. The van der Waals surface area contributed by atoms with Crippen LogP contribution in [0.15, 0.2) is 12.7 Å². The van der Waals surface area contributed by atoms with Crippen molar-refractivity contribution in [2.75, 3.05) is 11.9 Å². The van der Waals surface area contributed by atoms with E-state index in [0.29, 0.717) is 11.2 Å². The molecule has 2 aromatic rings. The number of aliphatic hydroxyl groups is 2. The molecule has 4 atom stereocenters. The van der Waals surface area contributed by atoms with Crippen LogP contribution in [0.4, 0.5) is 5.82 Å². The summed E-state index contributed by atoms with van der Waals surface area (Å²) in [6, 6.07) is 0. The number of aromatic nitrogens is 4. The van der Waals surface area contributed by atoms with Crippen molar-refractivity contribution in [3.05, 3.63) is 12.7 Å². The van der Waals surface area contributed by atoms with Gasteiger partial charge in [-0.05, 0) is 6.42 Å². The number of rotatable bonds is 4. The van der Waals surface area contributed by atoms with E-state index < -0.39 is 46.1 Å². The van der Waals surface area contributed by atoms with Crippen LogP contribution in [0.5, 0.6) is 0 Å². The van der Waals surface area contributed by atoms with Crippen LogP contribution < -0.4 is 5.73 Å². The molecule has 0 radical (unpaired) electrons. The molecule has 9 N–H and O–H groups in total. The molecular weight excluding hydrogens is 424 g/mol. The molecule has 158 valence electrons. The zero-order valence-corrected chi connectivity index (χ0v) is 15.8. The molecule has 1 aliphatic heterocycles. The normalized spacial score (nSPS) is 25.5. The Kier molecular flexibility index (Phi) is 6.89. The standard InChI is InChI=1S/C11H16N5O6P.H3O4P/c12-9-6-10(14-3-13-9)16(4-15-6)11-8(18)7(17)5(22-11)1-2-23(19,20)21;1-5(2,3)4/h3-5,7-8,11,17-18H,1-2H2,(H2,12,13,14)(H2,19,20,21);(H3,1,2,3,4)/t5-,7-,8-,11-;/m1./s1. The molecule has 0 aromatic carbocycles. The van der Waals surface area contributed by atoms with E-state index in [4.69, 9.17) is 39.5 Å². The molecule has 0 amide bonds. The lowest BCUT2D eigenvalue weighted by Crippen LogP contribution is -2.31. The van der Waals surface area contributed by atoms with Crippen molar-refractivity contribution in [3.8, 4) is 0 Å². The second kappa shape index (κ2) is 8.47. The predicted molar refractivity (Wildman–Crippen MR) is 91.5 cm³/mol. The van der Waals surface area contributed by atoms with Crippen molar-refractivity contribution in [2.24, 2.45) is 0 Å². The third kappa shape index (κ3) is 5.99. The molecular formula is C11H19N5O10P2. The van der Waals surface area contributed by atoms with Gasteiger partial charge in [-0.3, -0.25) is 9.13 Å². The molecule has 0 saturated carbocycles. The summed E-state index contributed by atoms with van der Waals surface area (Å²) in [5.41, 5.74) is 6.34. The average Bonchev–Trinajstić information content (AvgIpc) is 3.07. The quantitative estimate of drug-likeness (QED) is 0.231. The van der Waals surface area contributed by atoms with E-state index in [2.05, 4.69) is 15.0 Å². The second-order valence-corrected chi connectivity index (χ2v) is 8.62. The van der Waals surface area contributed by atoms with E-state index in [9.17, 15) is 14.8 Å². The number of fused-ring (bicyclic) bond motifs is 1. The number of hydrogen-bond acceptors (Lipinski definition) is 9. The number of ether oxygens (including phenoxy) is 1. The van der Waals surface area contributed by atoms with Crippen LogP contribution in [0.2, 0.25) is 0 Å². The Labute approximate surface area is 156 Å². The third-order valence-electron chi connectivity index (χ3n) is 3.70. The highest BCUT2D eigenvalue weighted by Gasteiger charge is 2.44. The Balaban J connectivity index is 0.000000500. The van der Waals surface area contributed by atoms with E-state index in [-0.39, 0.29) is 12.2 Å². The Morgan fingerprint density at radius 3 is 2.25 bits per heavy atom. The highest BCUT2D eigenvalue weighted by molar-refractivity contribution is 7.51. The molecule has 3 heterocycles. The third-order valence-corrected chi connectivity index (χ3v) is 4.54. The fraction of sp³-hybridized carbons (Fsp3) is 0.545. The first-order valence-electron chi connectivity index (χ1n) is 7.55. The number of nitrogens with zero attached hydrogens (tertiary/aromatic N) is 4. The molecule has 17 heteroatoms. The molecule has 0 bridgehead atoms. The summed E-state index contributed by atoms with van der Waals surface area (Å²) in [5, 5.41) is 20.2. The summed E-state index contributed by atoms with van der Waals surface area (Å²) in [7, 11) is -8.86. The lowest BCUT2D eigenvalue weighted by atomic mass is 10.1. The van der Waals surface area contributed by atoms with Crippen molar-refractivity contribution < 1.29 is 48.5 Å². The Morgan fingerprint density at radius 2 is 1.68 bits per heavy atom. The Morgan fingerprint density at radius 1 is 1.07 bits per heavy atom. The van der Waals surface area contributed by atoms with Crippen LogP contribution >= 0.6 is 15.4 Å². The summed E-state index contributed by atoms with van der Waals surface area (Å²) in [6.07, 6.45) is -2.46. The summed E-state index contributed by atoms with van der Waals surface area (Å²) < 4.78 is 26.8. The minimum absolute atomic E-state index is 0.0945. The monoisotopic (exact) mass is 443 g/mol. The molecule has 3 rings (SSSR count). The van der Waals surface area contributed by atoms with Gasteiger partial charge in [-0.25, -0.2) is 19.5 Å². The molecule has 0 aliphatic carbocycles. The molecule has 1 fully saturated rings. The minimum atomic E-state index is -4.64. The maximum Gasteiger partial charge on any atom is 0.466 e. The second-order valence-electron chi connectivity index (χ2n) is 5.82. The van der Waals surface area contributed by atoms with Crippen LogP contribution in [-0.2, 0) is 13.9 Å². The van der Waals surface area contributed by atoms with E-state index in [1.807, 2.05) is 0 Å².